The summed E-state index contributed by atoms with van der Waals surface area (Å²) >= 11 is 11.4. The van der Waals surface area contributed by atoms with Gasteiger partial charge in [0.15, 0.2) is 0 Å². The highest BCUT2D eigenvalue weighted by Crippen LogP contribution is 2.38. The topological polar surface area (TPSA) is 168 Å². The molecule has 10 aromatic rings. The number of ether oxygens (including phenoxy) is 2. The molecule has 0 spiro atoms. The summed E-state index contributed by atoms with van der Waals surface area (Å²) in [4.78, 5) is 0.742. The summed E-state index contributed by atoms with van der Waals surface area (Å²) in [6, 6.07) is 69.3. The Hall–Kier alpha value is -8.52. The SMILES string of the molecule is CC(C)(c1ccc(O)cc1)c1ccc(O)cc1.CC(C)(c1ccc(O)cc1)c1ccc(Oc2ccc(S(=O)(=O)c3ccc(Oc4ccc(C(C)(C)c5ccc(O)cc5)cc4)cc3)cc2)cc1.O=S(=O)(c1ccc(Cl)cc1)c1ccc(Cl)cc1. The van der Waals surface area contributed by atoms with Gasteiger partial charge in [-0.25, -0.2) is 16.8 Å². The molecule has 0 aliphatic rings. The lowest BCUT2D eigenvalue weighted by molar-refractivity contribution is 0.473. The van der Waals surface area contributed by atoms with Crippen LogP contribution >= 0.6 is 23.2 Å². The molecule has 0 saturated heterocycles. The second-order valence-corrected chi connectivity index (χ2v) is 25.9. The van der Waals surface area contributed by atoms with Crippen molar-refractivity contribution < 1.29 is 46.7 Å². The second-order valence-electron chi connectivity index (χ2n) is 21.2. The van der Waals surface area contributed by atoms with Gasteiger partial charge >= 0.3 is 0 Å². The van der Waals surface area contributed by atoms with Gasteiger partial charge < -0.3 is 29.9 Å². The van der Waals surface area contributed by atoms with Gasteiger partial charge in [-0.3, -0.25) is 0 Å². The second kappa shape index (κ2) is 25.3. The molecule has 4 N–H and O–H groups in total. The number of aromatic hydroxyl groups is 4. The first-order valence-electron chi connectivity index (χ1n) is 26.3. The molecular weight excluding hydrogens is 1120 g/mol. The van der Waals surface area contributed by atoms with Crippen LogP contribution in [0.5, 0.6) is 46.0 Å². The number of phenols is 4. The highest BCUT2D eigenvalue weighted by molar-refractivity contribution is 7.91. The van der Waals surface area contributed by atoms with Crippen LogP contribution in [0.25, 0.3) is 0 Å². The average Bonchev–Trinajstić information content (AvgIpc) is 3.51. The predicted octanol–water partition coefficient (Wildman–Crippen LogP) is 17.4. The molecule has 0 bridgehead atoms. The minimum absolute atomic E-state index is 0.151. The molecule has 0 aliphatic heterocycles. The quantitative estimate of drug-likeness (QED) is 0.0823. The van der Waals surface area contributed by atoms with Crippen LogP contribution in [-0.2, 0) is 35.9 Å². The Bertz CT molecular complexity index is 3740. The maximum Gasteiger partial charge on any atom is 0.206 e. The number of halogens is 2. The molecule has 0 unspecified atom stereocenters. The molecule has 0 heterocycles. The van der Waals surface area contributed by atoms with Crippen LogP contribution in [0.2, 0.25) is 10.0 Å². The van der Waals surface area contributed by atoms with Crippen molar-refractivity contribution in [1.29, 1.82) is 0 Å². The summed E-state index contributed by atoms with van der Waals surface area (Å²) in [5.74, 6) is 3.31. The number of phenolic OH excluding ortho intramolecular Hbond substituents is 4. The molecule has 10 nitrogen and oxygen atoms in total. The van der Waals surface area contributed by atoms with Crippen LogP contribution in [-0.4, -0.2) is 37.3 Å². The monoisotopic (exact) mass is 1180 g/mol. The van der Waals surface area contributed by atoms with Crippen LogP contribution in [0.1, 0.15) is 74.9 Å². The lowest BCUT2D eigenvalue weighted by atomic mass is 9.78. The van der Waals surface area contributed by atoms with Crippen molar-refractivity contribution in [2.75, 3.05) is 0 Å². The summed E-state index contributed by atoms with van der Waals surface area (Å²) in [5, 5.41) is 38.9. The Morgan fingerprint density at radius 2 is 0.422 bits per heavy atom. The summed E-state index contributed by atoms with van der Waals surface area (Å²) < 4.78 is 63.2. The largest absolute Gasteiger partial charge is 0.508 e. The Morgan fingerprint density at radius 1 is 0.265 bits per heavy atom. The van der Waals surface area contributed by atoms with Crippen molar-refractivity contribution in [2.45, 2.75) is 77.4 Å². The number of benzene rings is 10. The maximum atomic E-state index is 13.4. The van der Waals surface area contributed by atoms with Crippen LogP contribution in [0.4, 0.5) is 0 Å². The van der Waals surface area contributed by atoms with Crippen molar-refractivity contribution in [2.24, 2.45) is 0 Å². The number of hydrogen-bond acceptors (Lipinski definition) is 10. The first kappa shape index (κ1) is 60.6. The zero-order valence-electron chi connectivity index (χ0n) is 46.4. The number of hydrogen-bond donors (Lipinski definition) is 4. The van der Waals surface area contributed by atoms with Crippen LogP contribution in [0, 0.1) is 0 Å². The summed E-state index contributed by atoms with van der Waals surface area (Å²) in [5.41, 5.74) is 5.90. The highest BCUT2D eigenvalue weighted by atomic mass is 35.5. The molecule has 0 aromatic heterocycles. The lowest BCUT2D eigenvalue weighted by Gasteiger charge is -2.26. The Labute approximate surface area is 496 Å². The molecule has 0 amide bonds. The first-order chi connectivity index (χ1) is 39.3. The molecule has 10 aromatic carbocycles. The molecule has 0 aliphatic carbocycles. The van der Waals surface area contributed by atoms with Gasteiger partial charge in [0.2, 0.25) is 19.7 Å². The van der Waals surface area contributed by atoms with E-state index in [0.29, 0.717) is 33.0 Å². The molecule has 83 heavy (non-hydrogen) atoms. The molecule has 0 radical (unpaired) electrons. The third-order valence-electron chi connectivity index (χ3n) is 14.5. The van der Waals surface area contributed by atoms with E-state index in [1.807, 2.05) is 97.1 Å². The molecule has 10 rings (SSSR count). The van der Waals surface area contributed by atoms with Crippen LogP contribution in [0.15, 0.2) is 262 Å². The summed E-state index contributed by atoms with van der Waals surface area (Å²) in [6.07, 6.45) is 0. The van der Waals surface area contributed by atoms with E-state index in [-0.39, 0.29) is 58.8 Å². The molecule has 424 valence electrons. The van der Waals surface area contributed by atoms with Gasteiger partial charge in [0.05, 0.1) is 19.6 Å². The summed E-state index contributed by atoms with van der Waals surface area (Å²) in [7, 11) is -7.25. The Balaban J connectivity index is 0.000000213. The maximum absolute atomic E-state index is 13.4. The van der Waals surface area contributed by atoms with Crippen molar-refractivity contribution in [3.8, 4) is 46.0 Å². The zero-order valence-corrected chi connectivity index (χ0v) is 49.5. The molecule has 14 heteroatoms. The fourth-order valence-electron chi connectivity index (χ4n) is 9.04. The van der Waals surface area contributed by atoms with E-state index >= 15 is 0 Å². The fraction of sp³-hybridized carbons (Fsp3) is 0.130. The highest BCUT2D eigenvalue weighted by Gasteiger charge is 2.26. The standard InChI is InChI=1S/C42H38O6S.C15H16O2.C12H8Cl2O2S/c1-41(2,29-5-13-33(43)14-6-29)31-9-17-35(18-10-31)47-37-21-25-39(26-22-37)49(45,46)40-27-23-38(24-28-40)48-36-19-11-32(12-20-36)42(3,4)30-7-15-34(44)16-8-30;1-15(2,11-3-7-13(16)8-4-11)12-5-9-14(17)10-6-12;13-9-1-5-11(6-2-9)17(15,16)12-7-3-10(14)4-8-12/h5-28,43-44H,1-4H3;3-10,16-17H,1-2H3;1-8H. The van der Waals surface area contributed by atoms with Gasteiger partial charge in [-0.05, 0) is 203 Å². The van der Waals surface area contributed by atoms with Crippen molar-refractivity contribution in [3.05, 3.63) is 286 Å². The third kappa shape index (κ3) is 14.8. The van der Waals surface area contributed by atoms with Crippen molar-refractivity contribution in [3.63, 3.8) is 0 Å². The van der Waals surface area contributed by atoms with Gasteiger partial charge in [0.1, 0.15) is 46.0 Å². The lowest BCUT2D eigenvalue weighted by Crippen LogP contribution is -2.18. The van der Waals surface area contributed by atoms with Gasteiger partial charge in [-0.15, -0.1) is 0 Å². The van der Waals surface area contributed by atoms with Gasteiger partial charge in [0, 0.05) is 26.3 Å². The van der Waals surface area contributed by atoms with E-state index in [1.165, 1.54) is 24.3 Å². The number of rotatable bonds is 14. The van der Waals surface area contributed by atoms with E-state index in [2.05, 4.69) is 41.5 Å². The molecule has 0 atom stereocenters. The molecule has 0 saturated carbocycles. The minimum Gasteiger partial charge on any atom is -0.508 e. The fourth-order valence-corrected chi connectivity index (χ4v) is 11.8. The number of sulfone groups is 2. The average molecular weight is 1190 g/mol. The molecule has 0 fully saturated rings. The first-order valence-corrected chi connectivity index (χ1v) is 30.0. The normalized spacial score (nSPS) is 11.8. The van der Waals surface area contributed by atoms with Crippen LogP contribution in [0.3, 0.4) is 0 Å². The van der Waals surface area contributed by atoms with E-state index in [4.69, 9.17) is 32.7 Å². The van der Waals surface area contributed by atoms with E-state index in [9.17, 15) is 37.3 Å². The van der Waals surface area contributed by atoms with Gasteiger partial charge in [-0.1, -0.05) is 138 Å². The zero-order chi connectivity index (χ0) is 59.7. The van der Waals surface area contributed by atoms with Crippen molar-refractivity contribution in [1.82, 2.24) is 0 Å². The minimum atomic E-state index is -3.76. The van der Waals surface area contributed by atoms with Crippen LogP contribution < -0.4 is 9.47 Å². The predicted molar refractivity (Wildman–Crippen MR) is 329 cm³/mol. The van der Waals surface area contributed by atoms with E-state index in [0.717, 1.165) is 33.4 Å². The summed E-state index contributed by atoms with van der Waals surface area (Å²) in [6.45, 7) is 12.7. The Kier molecular flexibility index (Phi) is 18.5. The Morgan fingerprint density at radius 3 is 0.614 bits per heavy atom. The molecular formula is C69H62Cl2O10S2. The third-order valence-corrected chi connectivity index (χ3v) is 18.6. The van der Waals surface area contributed by atoms with Crippen molar-refractivity contribution >= 4 is 42.9 Å². The van der Waals surface area contributed by atoms with E-state index < -0.39 is 19.7 Å². The van der Waals surface area contributed by atoms with E-state index in [1.54, 1.807) is 121 Å². The van der Waals surface area contributed by atoms with Gasteiger partial charge in [0.25, 0.3) is 0 Å². The van der Waals surface area contributed by atoms with Gasteiger partial charge in [-0.2, -0.15) is 0 Å². The smallest absolute Gasteiger partial charge is 0.206 e.